The van der Waals surface area contributed by atoms with Crippen LogP contribution in [0.5, 0.6) is 0 Å². The van der Waals surface area contributed by atoms with Gasteiger partial charge in [-0.1, -0.05) is 32.6 Å². The van der Waals surface area contributed by atoms with Crippen LogP contribution >= 0.6 is 0 Å². The van der Waals surface area contributed by atoms with Crippen molar-refractivity contribution in [3.05, 3.63) is 17.0 Å². The standard InChI is InChI=1S/C19H31N3O3/c1-12(11-16-13(2)21-22(4)14(16)3)18(23)20-17-10-8-6-5-7-9-15(17)19(24)25/h12,15,17H,5-11H2,1-4H3,(H,20,23)(H,24,25). The Morgan fingerprint density at radius 1 is 1.24 bits per heavy atom. The average Bonchev–Trinajstić information content (AvgIpc) is 2.75. The topological polar surface area (TPSA) is 84.2 Å². The van der Waals surface area contributed by atoms with Crippen LogP contribution in [0.2, 0.25) is 0 Å². The van der Waals surface area contributed by atoms with Crippen LogP contribution in [0, 0.1) is 25.7 Å². The third-order valence-corrected chi connectivity index (χ3v) is 5.53. The van der Waals surface area contributed by atoms with Crippen LogP contribution < -0.4 is 5.32 Å². The van der Waals surface area contributed by atoms with Gasteiger partial charge in [0.05, 0.1) is 11.6 Å². The molecule has 1 aromatic heterocycles. The van der Waals surface area contributed by atoms with Crippen LogP contribution in [0.15, 0.2) is 0 Å². The van der Waals surface area contributed by atoms with E-state index in [2.05, 4.69) is 10.4 Å². The number of nitrogens with zero attached hydrogens (tertiary/aromatic N) is 2. The molecule has 0 aliphatic heterocycles. The highest BCUT2D eigenvalue weighted by Crippen LogP contribution is 2.24. The molecule has 1 aromatic rings. The fraction of sp³-hybridized carbons (Fsp3) is 0.737. The Morgan fingerprint density at radius 3 is 2.44 bits per heavy atom. The lowest BCUT2D eigenvalue weighted by Crippen LogP contribution is -2.46. The van der Waals surface area contributed by atoms with Crippen molar-refractivity contribution in [1.82, 2.24) is 15.1 Å². The van der Waals surface area contributed by atoms with E-state index in [-0.39, 0.29) is 17.9 Å². The molecular formula is C19H31N3O3. The number of aryl methyl sites for hydroxylation is 2. The fourth-order valence-corrected chi connectivity index (χ4v) is 3.79. The van der Waals surface area contributed by atoms with E-state index in [1.165, 1.54) is 0 Å². The Morgan fingerprint density at radius 2 is 1.88 bits per heavy atom. The van der Waals surface area contributed by atoms with Crippen LogP contribution in [-0.4, -0.2) is 32.8 Å². The molecular weight excluding hydrogens is 318 g/mol. The van der Waals surface area contributed by atoms with Crippen molar-refractivity contribution in [2.45, 2.75) is 71.8 Å². The molecule has 0 radical (unpaired) electrons. The van der Waals surface area contributed by atoms with Crippen molar-refractivity contribution in [3.63, 3.8) is 0 Å². The summed E-state index contributed by atoms with van der Waals surface area (Å²) in [6, 6.07) is -0.260. The van der Waals surface area contributed by atoms with Crippen molar-refractivity contribution < 1.29 is 14.7 Å². The molecule has 0 saturated heterocycles. The van der Waals surface area contributed by atoms with Gasteiger partial charge in [0.25, 0.3) is 0 Å². The number of carboxylic acids is 1. The smallest absolute Gasteiger partial charge is 0.308 e. The van der Waals surface area contributed by atoms with Crippen molar-refractivity contribution in [3.8, 4) is 0 Å². The summed E-state index contributed by atoms with van der Waals surface area (Å²) in [5.41, 5.74) is 3.14. The quantitative estimate of drug-likeness (QED) is 0.856. The van der Waals surface area contributed by atoms with Gasteiger partial charge in [0.1, 0.15) is 0 Å². The highest BCUT2D eigenvalue weighted by molar-refractivity contribution is 5.80. The Kier molecular flexibility index (Phi) is 6.62. The summed E-state index contributed by atoms with van der Waals surface area (Å²) in [5.74, 6) is -1.53. The van der Waals surface area contributed by atoms with Crippen LogP contribution in [0.4, 0.5) is 0 Å². The van der Waals surface area contributed by atoms with E-state index >= 15 is 0 Å². The summed E-state index contributed by atoms with van der Waals surface area (Å²) < 4.78 is 1.84. The van der Waals surface area contributed by atoms with Crippen molar-refractivity contribution >= 4 is 11.9 Å². The molecule has 1 aliphatic carbocycles. The van der Waals surface area contributed by atoms with E-state index in [0.29, 0.717) is 12.8 Å². The molecule has 0 aromatic carbocycles. The Labute approximate surface area is 150 Å². The van der Waals surface area contributed by atoms with E-state index in [1.54, 1.807) is 0 Å². The summed E-state index contributed by atoms with van der Waals surface area (Å²) in [4.78, 5) is 24.3. The van der Waals surface area contributed by atoms with E-state index in [0.717, 1.165) is 49.1 Å². The van der Waals surface area contributed by atoms with Gasteiger partial charge in [-0.05, 0) is 38.7 Å². The second kappa shape index (κ2) is 8.50. The molecule has 6 heteroatoms. The van der Waals surface area contributed by atoms with E-state index in [4.69, 9.17) is 0 Å². The van der Waals surface area contributed by atoms with Crippen LogP contribution in [0.1, 0.15) is 62.4 Å². The van der Waals surface area contributed by atoms with Gasteiger partial charge in [-0.15, -0.1) is 0 Å². The van der Waals surface area contributed by atoms with Crippen LogP contribution in [0.25, 0.3) is 0 Å². The first-order chi connectivity index (χ1) is 11.8. The predicted octanol–water partition coefficient (Wildman–Crippen LogP) is 2.76. The third-order valence-electron chi connectivity index (χ3n) is 5.53. The molecule has 2 N–H and O–H groups in total. The van der Waals surface area contributed by atoms with Gasteiger partial charge in [0, 0.05) is 24.7 Å². The SMILES string of the molecule is Cc1nn(C)c(C)c1CC(C)C(=O)NC1CCCCCCC1C(=O)O. The largest absolute Gasteiger partial charge is 0.481 e. The molecule has 1 amide bonds. The number of hydrogen-bond donors (Lipinski definition) is 2. The first kappa shape index (κ1) is 19.5. The number of nitrogens with one attached hydrogen (secondary N) is 1. The van der Waals surface area contributed by atoms with E-state index in [1.807, 2.05) is 32.5 Å². The maximum Gasteiger partial charge on any atom is 0.308 e. The normalized spacial score (nSPS) is 22.7. The minimum atomic E-state index is -0.793. The predicted molar refractivity (Wildman–Crippen MR) is 96.3 cm³/mol. The van der Waals surface area contributed by atoms with Gasteiger partial charge < -0.3 is 10.4 Å². The van der Waals surface area contributed by atoms with Crippen molar-refractivity contribution in [1.29, 1.82) is 0 Å². The maximum absolute atomic E-state index is 12.7. The van der Waals surface area contributed by atoms with Crippen molar-refractivity contribution in [2.24, 2.45) is 18.9 Å². The molecule has 6 nitrogen and oxygen atoms in total. The third kappa shape index (κ3) is 4.83. The molecule has 2 rings (SSSR count). The highest BCUT2D eigenvalue weighted by Gasteiger charge is 2.31. The van der Waals surface area contributed by atoms with Crippen molar-refractivity contribution in [2.75, 3.05) is 0 Å². The zero-order valence-corrected chi connectivity index (χ0v) is 15.8. The molecule has 25 heavy (non-hydrogen) atoms. The Hall–Kier alpha value is -1.85. The number of carbonyl (C=O) groups is 2. The lowest BCUT2D eigenvalue weighted by molar-refractivity contribution is -0.143. The number of carboxylic acid groups (broad SMARTS) is 1. The second-order valence-electron chi connectivity index (χ2n) is 7.43. The number of carbonyl (C=O) groups excluding carboxylic acids is 1. The Bertz CT molecular complexity index is 624. The summed E-state index contributed by atoms with van der Waals surface area (Å²) in [7, 11) is 1.91. The van der Waals surface area contributed by atoms with Crippen LogP contribution in [-0.2, 0) is 23.1 Å². The maximum atomic E-state index is 12.7. The zero-order valence-electron chi connectivity index (χ0n) is 15.8. The van der Waals surface area contributed by atoms with Gasteiger partial charge in [0.15, 0.2) is 0 Å². The first-order valence-electron chi connectivity index (χ1n) is 9.33. The Balaban J connectivity index is 2.03. The lowest BCUT2D eigenvalue weighted by atomic mass is 9.86. The molecule has 1 saturated carbocycles. The zero-order chi connectivity index (χ0) is 18.6. The van der Waals surface area contributed by atoms with E-state index in [9.17, 15) is 14.7 Å². The second-order valence-corrected chi connectivity index (χ2v) is 7.43. The summed E-state index contributed by atoms with van der Waals surface area (Å²) >= 11 is 0. The average molecular weight is 349 g/mol. The monoisotopic (exact) mass is 349 g/mol. The molecule has 140 valence electrons. The summed E-state index contributed by atoms with van der Waals surface area (Å²) in [6.45, 7) is 5.87. The molecule has 1 heterocycles. The number of aliphatic carboxylic acids is 1. The number of amides is 1. The molecule has 0 spiro atoms. The molecule has 0 bridgehead atoms. The number of rotatable bonds is 5. The number of aromatic nitrogens is 2. The molecule has 3 atom stereocenters. The van der Waals surface area contributed by atoms with Gasteiger partial charge in [-0.3, -0.25) is 14.3 Å². The molecule has 3 unspecified atom stereocenters. The fourth-order valence-electron chi connectivity index (χ4n) is 3.79. The molecule has 1 fully saturated rings. The van der Waals surface area contributed by atoms with Gasteiger partial charge in [0.2, 0.25) is 5.91 Å². The molecule has 1 aliphatic rings. The van der Waals surface area contributed by atoms with Gasteiger partial charge >= 0.3 is 5.97 Å². The van der Waals surface area contributed by atoms with Crippen LogP contribution in [0.3, 0.4) is 0 Å². The summed E-state index contributed by atoms with van der Waals surface area (Å²) in [6.07, 6.45) is 6.12. The number of hydrogen-bond acceptors (Lipinski definition) is 3. The lowest BCUT2D eigenvalue weighted by Gasteiger charge is -2.28. The first-order valence-corrected chi connectivity index (χ1v) is 9.33. The summed E-state index contributed by atoms with van der Waals surface area (Å²) in [5, 5.41) is 17.0. The van der Waals surface area contributed by atoms with Gasteiger partial charge in [-0.25, -0.2) is 0 Å². The van der Waals surface area contributed by atoms with Gasteiger partial charge in [-0.2, -0.15) is 5.10 Å². The van der Waals surface area contributed by atoms with E-state index < -0.39 is 11.9 Å². The highest BCUT2D eigenvalue weighted by atomic mass is 16.4. The minimum Gasteiger partial charge on any atom is -0.481 e. The minimum absolute atomic E-state index is 0.0560.